The number of hydrogen-bond donors (Lipinski definition) is 1. The lowest BCUT2D eigenvalue weighted by Gasteiger charge is -2.23. The van der Waals surface area contributed by atoms with Crippen LogP contribution in [-0.2, 0) is 4.74 Å². The highest BCUT2D eigenvalue weighted by atomic mass is 16.5. The Morgan fingerprint density at radius 1 is 1.39 bits per heavy atom. The molecule has 1 aliphatic heterocycles. The molecule has 4 heteroatoms. The van der Waals surface area contributed by atoms with Gasteiger partial charge in [-0.05, 0) is 6.07 Å². The van der Waals surface area contributed by atoms with Gasteiger partial charge in [0, 0.05) is 31.0 Å². The number of aliphatic hydroxyl groups excluding tert-OH is 1. The summed E-state index contributed by atoms with van der Waals surface area (Å²) in [6.45, 7) is 1.60. The van der Waals surface area contributed by atoms with Crippen LogP contribution in [0.1, 0.15) is 24.8 Å². The minimum atomic E-state index is 0.0820. The highest BCUT2D eigenvalue weighted by Gasteiger charge is 2.15. The summed E-state index contributed by atoms with van der Waals surface area (Å²) in [6.07, 6.45) is 5.92. The molecule has 0 saturated carbocycles. The molecule has 96 valence electrons. The molecule has 0 unspecified atom stereocenters. The van der Waals surface area contributed by atoms with E-state index in [1.54, 1.807) is 12.4 Å². The van der Waals surface area contributed by atoms with Crippen LogP contribution in [0.5, 0.6) is 5.75 Å². The van der Waals surface area contributed by atoms with Crippen molar-refractivity contribution in [3.63, 3.8) is 0 Å². The molecule has 1 aliphatic rings. The zero-order valence-electron chi connectivity index (χ0n) is 10.3. The molecule has 0 aromatic carbocycles. The molecule has 1 fully saturated rings. The summed E-state index contributed by atoms with van der Waals surface area (Å²) in [7, 11) is 0. The molecule has 0 aliphatic carbocycles. The molecule has 1 aromatic heterocycles. The molecule has 2 heterocycles. The third-order valence-corrected chi connectivity index (χ3v) is 2.65. The van der Waals surface area contributed by atoms with Crippen LogP contribution in [0.4, 0.5) is 0 Å². The summed E-state index contributed by atoms with van der Waals surface area (Å²) >= 11 is 0. The molecule has 4 nitrogen and oxygen atoms in total. The van der Waals surface area contributed by atoms with Gasteiger partial charge in [-0.3, -0.25) is 4.98 Å². The predicted octanol–water partition coefficient (Wildman–Crippen LogP) is 1.37. The van der Waals surface area contributed by atoms with Crippen molar-refractivity contribution in [1.82, 2.24) is 4.98 Å². The van der Waals surface area contributed by atoms with Gasteiger partial charge in [-0.15, -0.1) is 0 Å². The maximum absolute atomic E-state index is 8.66. The van der Waals surface area contributed by atoms with Gasteiger partial charge in [-0.2, -0.15) is 0 Å². The van der Waals surface area contributed by atoms with E-state index in [2.05, 4.69) is 16.8 Å². The molecule has 1 saturated heterocycles. The lowest BCUT2D eigenvalue weighted by atomic mass is 10.1. The van der Waals surface area contributed by atoms with Crippen LogP contribution in [0.2, 0.25) is 0 Å². The van der Waals surface area contributed by atoms with Crippen LogP contribution in [-0.4, -0.2) is 36.0 Å². The largest absolute Gasteiger partial charge is 0.489 e. The van der Waals surface area contributed by atoms with E-state index in [9.17, 15) is 0 Å². The van der Waals surface area contributed by atoms with Crippen LogP contribution in [0.25, 0.3) is 0 Å². The molecule has 2 rings (SSSR count). The fraction of sp³-hybridized carbons (Fsp3) is 0.500. The van der Waals surface area contributed by atoms with Crippen LogP contribution in [0, 0.1) is 11.8 Å². The summed E-state index contributed by atoms with van der Waals surface area (Å²) in [5.74, 6) is 6.56. The Balaban J connectivity index is 1.96. The number of aliphatic hydroxyl groups is 1. The van der Waals surface area contributed by atoms with Crippen LogP contribution < -0.4 is 4.74 Å². The molecule has 0 radical (unpaired) electrons. The van der Waals surface area contributed by atoms with Crippen molar-refractivity contribution in [2.24, 2.45) is 0 Å². The fourth-order valence-electron chi connectivity index (χ4n) is 1.76. The zero-order chi connectivity index (χ0) is 12.6. The number of hydrogen-bond acceptors (Lipinski definition) is 4. The Morgan fingerprint density at radius 3 is 3.00 bits per heavy atom. The molecular weight excluding hydrogens is 230 g/mol. The fourth-order valence-corrected chi connectivity index (χ4v) is 1.76. The lowest BCUT2D eigenvalue weighted by molar-refractivity contribution is 0.0254. The summed E-state index contributed by atoms with van der Waals surface area (Å²) in [5, 5.41) is 8.66. The quantitative estimate of drug-likeness (QED) is 0.820. The lowest BCUT2D eigenvalue weighted by Crippen LogP contribution is -2.25. The van der Waals surface area contributed by atoms with Gasteiger partial charge in [0.1, 0.15) is 11.9 Å². The minimum Gasteiger partial charge on any atom is -0.489 e. The smallest absolute Gasteiger partial charge is 0.139 e. The molecular formula is C14H17NO3. The van der Waals surface area contributed by atoms with Crippen molar-refractivity contribution >= 4 is 0 Å². The standard InChI is InChI=1S/C14H17NO3/c16-6-2-1-3-12-9-14(11-15-10-12)18-13-4-7-17-8-5-13/h9-11,13,16H,2,4-8H2. The van der Waals surface area contributed by atoms with Crippen molar-refractivity contribution in [3.05, 3.63) is 24.0 Å². The average Bonchev–Trinajstić information content (AvgIpc) is 2.41. The van der Waals surface area contributed by atoms with Crippen LogP contribution in [0.15, 0.2) is 18.5 Å². The highest BCUT2D eigenvalue weighted by molar-refractivity contribution is 5.36. The normalized spacial score (nSPS) is 15.8. The predicted molar refractivity (Wildman–Crippen MR) is 67.3 cm³/mol. The average molecular weight is 247 g/mol. The van der Waals surface area contributed by atoms with E-state index >= 15 is 0 Å². The van der Waals surface area contributed by atoms with Gasteiger partial charge < -0.3 is 14.6 Å². The van der Waals surface area contributed by atoms with Gasteiger partial charge in [-0.25, -0.2) is 0 Å². The van der Waals surface area contributed by atoms with Crippen molar-refractivity contribution in [1.29, 1.82) is 0 Å². The molecule has 0 spiro atoms. The molecule has 0 amide bonds. The first-order valence-corrected chi connectivity index (χ1v) is 6.17. The van der Waals surface area contributed by atoms with Gasteiger partial charge in [0.05, 0.1) is 26.0 Å². The van der Waals surface area contributed by atoms with E-state index in [1.165, 1.54) is 0 Å². The van der Waals surface area contributed by atoms with Gasteiger partial charge in [-0.1, -0.05) is 11.8 Å². The minimum absolute atomic E-state index is 0.0820. The Bertz CT molecular complexity index is 430. The Hall–Kier alpha value is -1.57. The SMILES string of the molecule is OCCC#Cc1cncc(OC2CCOCC2)c1. The van der Waals surface area contributed by atoms with Crippen LogP contribution >= 0.6 is 0 Å². The Morgan fingerprint density at radius 2 is 2.22 bits per heavy atom. The second-order valence-electron chi connectivity index (χ2n) is 4.11. The number of rotatable bonds is 3. The van der Waals surface area contributed by atoms with Gasteiger partial charge >= 0.3 is 0 Å². The second-order valence-corrected chi connectivity index (χ2v) is 4.11. The summed E-state index contributed by atoms with van der Waals surface area (Å²) in [5.41, 5.74) is 0.813. The highest BCUT2D eigenvalue weighted by Crippen LogP contribution is 2.17. The molecule has 18 heavy (non-hydrogen) atoms. The molecule has 1 aromatic rings. The van der Waals surface area contributed by atoms with Gasteiger partial charge in [0.25, 0.3) is 0 Å². The van der Waals surface area contributed by atoms with Crippen molar-refractivity contribution < 1.29 is 14.6 Å². The van der Waals surface area contributed by atoms with Crippen molar-refractivity contribution in [3.8, 4) is 17.6 Å². The molecule has 0 bridgehead atoms. The first-order valence-electron chi connectivity index (χ1n) is 6.17. The molecule has 1 N–H and O–H groups in total. The Kier molecular flexibility index (Phi) is 5.00. The van der Waals surface area contributed by atoms with E-state index in [-0.39, 0.29) is 12.7 Å². The zero-order valence-corrected chi connectivity index (χ0v) is 10.3. The number of ether oxygens (including phenoxy) is 2. The summed E-state index contributed by atoms with van der Waals surface area (Å²) < 4.78 is 11.1. The third kappa shape index (κ3) is 4.02. The number of nitrogens with zero attached hydrogens (tertiary/aromatic N) is 1. The summed E-state index contributed by atoms with van der Waals surface area (Å²) in [4.78, 5) is 4.11. The number of pyridine rings is 1. The topological polar surface area (TPSA) is 51.6 Å². The van der Waals surface area contributed by atoms with E-state index in [1.807, 2.05) is 6.07 Å². The van der Waals surface area contributed by atoms with Crippen molar-refractivity contribution in [2.45, 2.75) is 25.4 Å². The van der Waals surface area contributed by atoms with Gasteiger partial charge in [0.2, 0.25) is 0 Å². The number of aromatic nitrogens is 1. The maximum atomic E-state index is 8.66. The maximum Gasteiger partial charge on any atom is 0.139 e. The first-order chi connectivity index (χ1) is 8.88. The third-order valence-electron chi connectivity index (χ3n) is 2.65. The van der Waals surface area contributed by atoms with E-state index in [4.69, 9.17) is 14.6 Å². The second kappa shape index (κ2) is 7.00. The van der Waals surface area contributed by atoms with Gasteiger partial charge in [0.15, 0.2) is 0 Å². The Labute approximate surface area is 107 Å². The monoisotopic (exact) mass is 247 g/mol. The molecule has 0 atom stereocenters. The van der Waals surface area contributed by atoms with E-state index < -0.39 is 0 Å². The van der Waals surface area contributed by atoms with E-state index in [0.717, 1.165) is 37.4 Å². The van der Waals surface area contributed by atoms with Crippen LogP contribution in [0.3, 0.4) is 0 Å². The summed E-state index contributed by atoms with van der Waals surface area (Å²) in [6, 6.07) is 1.88. The first kappa shape index (κ1) is 12.9. The van der Waals surface area contributed by atoms with E-state index in [0.29, 0.717) is 6.42 Å². The van der Waals surface area contributed by atoms with Crippen molar-refractivity contribution in [2.75, 3.05) is 19.8 Å².